The lowest BCUT2D eigenvalue weighted by molar-refractivity contribution is -0.120. The summed E-state index contributed by atoms with van der Waals surface area (Å²) in [5, 5.41) is 18.7. The molecule has 10 heteroatoms. The fraction of sp³-hybridized carbons (Fsp3) is 0.318. The summed E-state index contributed by atoms with van der Waals surface area (Å²) >= 11 is 0. The average Bonchev–Trinajstić information content (AvgIpc) is 3.12. The predicted octanol–water partition coefficient (Wildman–Crippen LogP) is 2.60. The van der Waals surface area contributed by atoms with Gasteiger partial charge in [0, 0.05) is 24.5 Å². The molecular weight excluding hydrogens is 422 g/mol. The van der Waals surface area contributed by atoms with E-state index in [4.69, 9.17) is 9.84 Å². The Labute approximate surface area is 183 Å². The zero-order valence-electron chi connectivity index (χ0n) is 17.7. The van der Waals surface area contributed by atoms with E-state index in [9.17, 15) is 18.4 Å². The van der Waals surface area contributed by atoms with Crippen molar-refractivity contribution in [2.75, 3.05) is 19.7 Å². The SMILES string of the molecule is CC(C)Cn1ncc2cc(Oc3ccc(F)cc3F)c(C(=O)NCC(=O)NCCO)cc21. The molecule has 1 heterocycles. The van der Waals surface area contributed by atoms with Gasteiger partial charge in [-0.05, 0) is 30.2 Å². The number of aliphatic hydroxyl groups is 1. The minimum atomic E-state index is -0.921. The van der Waals surface area contributed by atoms with Crippen molar-refractivity contribution in [1.29, 1.82) is 0 Å². The number of benzene rings is 2. The molecular formula is C22H24F2N4O4. The lowest BCUT2D eigenvalue weighted by atomic mass is 10.1. The highest BCUT2D eigenvalue weighted by atomic mass is 19.1. The fourth-order valence-corrected chi connectivity index (χ4v) is 3.05. The number of nitrogens with one attached hydrogen (secondary N) is 2. The number of halogens is 2. The van der Waals surface area contributed by atoms with Crippen molar-refractivity contribution in [3.63, 3.8) is 0 Å². The van der Waals surface area contributed by atoms with Gasteiger partial charge in [0.25, 0.3) is 5.91 Å². The van der Waals surface area contributed by atoms with Crippen molar-refractivity contribution >= 4 is 22.7 Å². The number of carbonyl (C=O) groups excluding carboxylic acids is 2. The number of amides is 2. The molecule has 0 bridgehead atoms. The highest BCUT2D eigenvalue weighted by Gasteiger charge is 2.19. The van der Waals surface area contributed by atoms with Gasteiger partial charge in [-0.3, -0.25) is 14.3 Å². The van der Waals surface area contributed by atoms with E-state index in [0.29, 0.717) is 29.4 Å². The molecule has 3 aromatic rings. The summed E-state index contributed by atoms with van der Waals surface area (Å²) in [7, 11) is 0. The highest BCUT2D eigenvalue weighted by molar-refractivity contribution is 6.02. The number of nitrogens with zero attached hydrogens (tertiary/aromatic N) is 2. The molecule has 2 amide bonds. The molecule has 32 heavy (non-hydrogen) atoms. The maximum atomic E-state index is 14.1. The Morgan fingerprint density at radius 1 is 1.16 bits per heavy atom. The number of aliphatic hydroxyl groups excluding tert-OH is 1. The Kier molecular flexibility index (Phi) is 7.37. The number of hydrogen-bond acceptors (Lipinski definition) is 5. The number of ether oxygens (including phenoxy) is 1. The topological polar surface area (TPSA) is 105 Å². The first kappa shape index (κ1) is 23.1. The van der Waals surface area contributed by atoms with Crippen molar-refractivity contribution in [3.05, 3.63) is 53.7 Å². The Morgan fingerprint density at radius 2 is 1.94 bits per heavy atom. The van der Waals surface area contributed by atoms with E-state index in [2.05, 4.69) is 15.7 Å². The molecule has 1 aromatic heterocycles. The molecule has 0 saturated heterocycles. The maximum absolute atomic E-state index is 14.1. The Bertz CT molecular complexity index is 1130. The zero-order chi connectivity index (χ0) is 23.3. The number of rotatable bonds is 9. The first-order chi connectivity index (χ1) is 15.3. The quantitative estimate of drug-likeness (QED) is 0.469. The van der Waals surface area contributed by atoms with Crippen molar-refractivity contribution in [2.24, 2.45) is 5.92 Å². The van der Waals surface area contributed by atoms with Crippen LogP contribution in [0, 0.1) is 17.6 Å². The van der Waals surface area contributed by atoms with Gasteiger partial charge >= 0.3 is 0 Å². The molecule has 0 saturated carbocycles. The minimum absolute atomic E-state index is 0.0281. The van der Waals surface area contributed by atoms with Gasteiger partial charge in [-0.1, -0.05) is 13.8 Å². The largest absolute Gasteiger partial charge is 0.453 e. The molecule has 0 unspecified atom stereocenters. The van der Waals surface area contributed by atoms with E-state index >= 15 is 0 Å². The van der Waals surface area contributed by atoms with Crippen LogP contribution in [0.1, 0.15) is 24.2 Å². The average molecular weight is 446 g/mol. The summed E-state index contributed by atoms with van der Waals surface area (Å²) in [6.45, 7) is 4.18. The van der Waals surface area contributed by atoms with Gasteiger partial charge in [-0.25, -0.2) is 8.78 Å². The van der Waals surface area contributed by atoms with Gasteiger partial charge in [0.2, 0.25) is 5.91 Å². The molecule has 0 radical (unpaired) electrons. The standard InChI is InChI=1S/C22H24F2N4O4/c1-13(2)12-28-18-9-16(22(31)26-11-21(30)25-5-6-29)20(7-14(18)10-27-28)32-19-4-3-15(23)8-17(19)24/h3-4,7-10,13,29H,5-6,11-12H2,1-2H3,(H,25,30)(H,26,31). The van der Waals surface area contributed by atoms with Crippen LogP contribution in [0.25, 0.3) is 10.9 Å². The first-order valence-corrected chi connectivity index (χ1v) is 10.1. The normalized spacial score (nSPS) is 11.1. The van der Waals surface area contributed by atoms with E-state index in [1.807, 2.05) is 13.8 Å². The molecule has 3 rings (SSSR count). The summed E-state index contributed by atoms with van der Waals surface area (Å²) < 4.78 is 34.8. The molecule has 0 atom stereocenters. The molecule has 0 aliphatic carbocycles. The number of hydrogen-bond donors (Lipinski definition) is 3. The van der Waals surface area contributed by atoms with E-state index < -0.39 is 23.4 Å². The third-order valence-electron chi connectivity index (χ3n) is 4.48. The molecule has 0 fully saturated rings. The second-order valence-corrected chi connectivity index (χ2v) is 7.56. The zero-order valence-corrected chi connectivity index (χ0v) is 17.7. The van der Waals surface area contributed by atoms with Gasteiger partial charge < -0.3 is 20.5 Å². The summed E-state index contributed by atoms with van der Waals surface area (Å²) in [5.74, 6) is -2.71. The third-order valence-corrected chi connectivity index (χ3v) is 4.48. The number of aromatic nitrogens is 2. The van der Waals surface area contributed by atoms with Gasteiger partial charge in [0.1, 0.15) is 11.6 Å². The molecule has 0 aliphatic heterocycles. The van der Waals surface area contributed by atoms with Crippen LogP contribution in [-0.4, -0.2) is 46.4 Å². The molecule has 8 nitrogen and oxygen atoms in total. The van der Waals surface area contributed by atoms with Gasteiger partial charge in [0.15, 0.2) is 11.6 Å². The highest BCUT2D eigenvalue weighted by Crippen LogP contribution is 2.32. The monoisotopic (exact) mass is 446 g/mol. The van der Waals surface area contributed by atoms with Crippen molar-refractivity contribution in [2.45, 2.75) is 20.4 Å². The summed E-state index contributed by atoms with van der Waals surface area (Å²) in [6, 6.07) is 5.95. The first-order valence-electron chi connectivity index (χ1n) is 10.1. The second kappa shape index (κ2) is 10.2. The van der Waals surface area contributed by atoms with Crippen LogP contribution in [0.3, 0.4) is 0 Å². The van der Waals surface area contributed by atoms with Crippen LogP contribution in [0.15, 0.2) is 36.5 Å². The number of carbonyl (C=O) groups is 2. The predicted molar refractivity (Wildman–Crippen MR) is 113 cm³/mol. The van der Waals surface area contributed by atoms with Gasteiger partial charge in [0.05, 0.1) is 30.4 Å². The Balaban J connectivity index is 1.96. The van der Waals surface area contributed by atoms with Crippen molar-refractivity contribution in [3.8, 4) is 11.5 Å². The van der Waals surface area contributed by atoms with Crippen LogP contribution < -0.4 is 15.4 Å². The number of fused-ring (bicyclic) bond motifs is 1. The molecule has 2 aromatic carbocycles. The van der Waals surface area contributed by atoms with Crippen LogP contribution >= 0.6 is 0 Å². The van der Waals surface area contributed by atoms with E-state index in [1.54, 1.807) is 23.0 Å². The van der Waals surface area contributed by atoms with E-state index in [-0.39, 0.29) is 36.8 Å². The molecule has 170 valence electrons. The fourth-order valence-electron chi connectivity index (χ4n) is 3.05. The van der Waals surface area contributed by atoms with Crippen molar-refractivity contribution in [1.82, 2.24) is 20.4 Å². The van der Waals surface area contributed by atoms with Crippen LogP contribution in [-0.2, 0) is 11.3 Å². The van der Waals surface area contributed by atoms with Gasteiger partial charge in [-0.2, -0.15) is 5.10 Å². The van der Waals surface area contributed by atoms with E-state index in [1.165, 1.54) is 0 Å². The Hall–Kier alpha value is -3.53. The Morgan fingerprint density at radius 3 is 2.62 bits per heavy atom. The van der Waals surface area contributed by atoms with Gasteiger partial charge in [-0.15, -0.1) is 0 Å². The van der Waals surface area contributed by atoms with Crippen LogP contribution in [0.2, 0.25) is 0 Å². The van der Waals surface area contributed by atoms with Crippen LogP contribution in [0.5, 0.6) is 11.5 Å². The smallest absolute Gasteiger partial charge is 0.255 e. The summed E-state index contributed by atoms with van der Waals surface area (Å²) in [5.41, 5.74) is 0.724. The lowest BCUT2D eigenvalue weighted by Crippen LogP contribution is -2.38. The van der Waals surface area contributed by atoms with E-state index in [0.717, 1.165) is 12.1 Å². The van der Waals surface area contributed by atoms with Crippen LogP contribution in [0.4, 0.5) is 8.78 Å². The molecule has 3 N–H and O–H groups in total. The summed E-state index contributed by atoms with van der Waals surface area (Å²) in [4.78, 5) is 24.6. The third kappa shape index (κ3) is 5.58. The molecule has 0 spiro atoms. The second-order valence-electron chi connectivity index (χ2n) is 7.56. The minimum Gasteiger partial charge on any atom is -0.453 e. The summed E-state index contributed by atoms with van der Waals surface area (Å²) in [6.07, 6.45) is 1.61. The maximum Gasteiger partial charge on any atom is 0.255 e. The molecule has 0 aliphatic rings. The lowest BCUT2D eigenvalue weighted by Gasteiger charge is -2.14. The van der Waals surface area contributed by atoms with Crippen molar-refractivity contribution < 1.29 is 28.2 Å².